The zero-order valence-corrected chi connectivity index (χ0v) is 8.64. The van der Waals surface area contributed by atoms with Crippen molar-refractivity contribution in [3.63, 3.8) is 0 Å². The first kappa shape index (κ1) is 10.0. The normalized spacial score (nSPS) is 17.1. The van der Waals surface area contributed by atoms with Crippen molar-refractivity contribution in [1.29, 1.82) is 0 Å². The van der Waals surface area contributed by atoms with Crippen LogP contribution in [-0.4, -0.2) is 17.2 Å². The topological polar surface area (TPSA) is 46.5 Å². The lowest BCUT2D eigenvalue weighted by Gasteiger charge is -2.14. The maximum Gasteiger partial charge on any atom is 0.345 e. The van der Waals surface area contributed by atoms with E-state index in [4.69, 9.17) is 9.84 Å². The highest BCUT2D eigenvalue weighted by molar-refractivity contribution is 5.73. The van der Waals surface area contributed by atoms with E-state index in [9.17, 15) is 4.79 Å². The van der Waals surface area contributed by atoms with Crippen molar-refractivity contribution in [2.24, 2.45) is 5.92 Å². The number of carboxylic acid groups (broad SMARTS) is 1. The Balaban J connectivity index is 2.05. The second kappa shape index (κ2) is 3.93. The van der Waals surface area contributed by atoms with Crippen LogP contribution in [0.15, 0.2) is 24.3 Å². The van der Waals surface area contributed by atoms with Gasteiger partial charge in [0.05, 0.1) is 0 Å². The lowest BCUT2D eigenvalue weighted by atomic mass is 10.2. The molecule has 0 amide bonds. The highest BCUT2D eigenvalue weighted by Gasteiger charge is 2.38. The van der Waals surface area contributed by atoms with E-state index in [1.165, 1.54) is 0 Å². The summed E-state index contributed by atoms with van der Waals surface area (Å²) in [5, 5.41) is 8.97. The monoisotopic (exact) mass is 206 g/mol. The summed E-state index contributed by atoms with van der Waals surface area (Å²) in [6.07, 6.45) is 1.25. The smallest absolute Gasteiger partial charge is 0.345 e. The molecule has 1 aliphatic carbocycles. The van der Waals surface area contributed by atoms with Gasteiger partial charge in [-0.1, -0.05) is 17.7 Å². The molecule has 80 valence electrons. The average Bonchev–Trinajstić information content (AvgIpc) is 3.00. The maximum absolute atomic E-state index is 10.9. The van der Waals surface area contributed by atoms with E-state index in [1.807, 2.05) is 31.2 Å². The fourth-order valence-corrected chi connectivity index (χ4v) is 1.51. The number of carboxylic acids is 1. The van der Waals surface area contributed by atoms with Crippen molar-refractivity contribution in [3.8, 4) is 5.75 Å². The summed E-state index contributed by atoms with van der Waals surface area (Å²) in [4.78, 5) is 10.9. The van der Waals surface area contributed by atoms with E-state index in [2.05, 4.69) is 0 Å². The lowest BCUT2D eigenvalue weighted by Crippen LogP contribution is -2.29. The molecule has 1 saturated carbocycles. The van der Waals surface area contributed by atoms with E-state index >= 15 is 0 Å². The van der Waals surface area contributed by atoms with E-state index < -0.39 is 12.1 Å². The molecule has 1 fully saturated rings. The van der Waals surface area contributed by atoms with Gasteiger partial charge in [0, 0.05) is 5.92 Å². The molecule has 0 spiro atoms. The molecule has 2 rings (SSSR count). The predicted molar refractivity (Wildman–Crippen MR) is 56.0 cm³/mol. The molecule has 0 aliphatic heterocycles. The van der Waals surface area contributed by atoms with E-state index in [-0.39, 0.29) is 5.92 Å². The Morgan fingerprint density at radius 3 is 2.47 bits per heavy atom. The van der Waals surface area contributed by atoms with E-state index in [1.54, 1.807) is 0 Å². The van der Waals surface area contributed by atoms with Gasteiger partial charge in [0.15, 0.2) is 6.10 Å². The summed E-state index contributed by atoms with van der Waals surface area (Å²) in [6.45, 7) is 1.99. The van der Waals surface area contributed by atoms with Crippen LogP contribution < -0.4 is 4.74 Å². The Morgan fingerprint density at radius 1 is 1.40 bits per heavy atom. The summed E-state index contributed by atoms with van der Waals surface area (Å²) in [7, 11) is 0. The number of ether oxygens (including phenoxy) is 1. The number of carbonyl (C=O) groups is 1. The standard InChI is InChI=1S/C12H14O3/c1-8-2-6-10(7-3-8)15-11(12(13)14)9-4-5-9/h2-3,6-7,9,11H,4-5H2,1H3,(H,13,14). The van der Waals surface area contributed by atoms with Gasteiger partial charge < -0.3 is 9.84 Å². The Hall–Kier alpha value is -1.51. The second-order valence-corrected chi connectivity index (χ2v) is 4.03. The van der Waals surface area contributed by atoms with Crippen LogP contribution in [0.1, 0.15) is 18.4 Å². The molecular weight excluding hydrogens is 192 g/mol. The van der Waals surface area contributed by atoms with Gasteiger partial charge in [0.2, 0.25) is 0 Å². The SMILES string of the molecule is Cc1ccc(OC(C(=O)O)C2CC2)cc1. The van der Waals surface area contributed by atoms with Crippen LogP contribution in [0.25, 0.3) is 0 Å². The van der Waals surface area contributed by atoms with Crippen molar-refractivity contribution >= 4 is 5.97 Å². The van der Waals surface area contributed by atoms with Crippen molar-refractivity contribution in [2.75, 3.05) is 0 Å². The summed E-state index contributed by atoms with van der Waals surface area (Å²) in [5.41, 5.74) is 1.14. The van der Waals surface area contributed by atoms with Gasteiger partial charge in [-0.2, -0.15) is 0 Å². The minimum absolute atomic E-state index is 0.198. The summed E-state index contributed by atoms with van der Waals surface area (Å²) < 4.78 is 5.46. The van der Waals surface area contributed by atoms with Crippen molar-refractivity contribution in [3.05, 3.63) is 29.8 Å². The zero-order chi connectivity index (χ0) is 10.8. The summed E-state index contributed by atoms with van der Waals surface area (Å²) in [5.74, 6) is -0.0261. The van der Waals surface area contributed by atoms with Crippen LogP contribution in [0.5, 0.6) is 5.75 Å². The van der Waals surface area contributed by atoms with Gasteiger partial charge in [-0.25, -0.2) is 4.79 Å². The minimum Gasteiger partial charge on any atom is -0.478 e. The minimum atomic E-state index is -0.863. The molecule has 0 aromatic heterocycles. The highest BCUT2D eigenvalue weighted by atomic mass is 16.5. The Labute approximate surface area is 88.7 Å². The lowest BCUT2D eigenvalue weighted by molar-refractivity contribution is -0.146. The van der Waals surface area contributed by atoms with Gasteiger partial charge >= 0.3 is 5.97 Å². The molecule has 1 aromatic carbocycles. The fraction of sp³-hybridized carbons (Fsp3) is 0.417. The number of aryl methyl sites for hydroxylation is 1. The Kier molecular flexibility index (Phi) is 2.62. The molecule has 0 heterocycles. The first-order chi connectivity index (χ1) is 7.16. The first-order valence-electron chi connectivity index (χ1n) is 5.13. The molecule has 0 saturated heterocycles. The average molecular weight is 206 g/mol. The highest BCUT2D eigenvalue weighted by Crippen LogP contribution is 2.35. The number of benzene rings is 1. The number of aliphatic carboxylic acids is 1. The van der Waals surface area contributed by atoms with E-state index in [0.717, 1.165) is 18.4 Å². The van der Waals surface area contributed by atoms with Crippen LogP contribution in [0, 0.1) is 12.8 Å². The molecule has 0 radical (unpaired) electrons. The molecule has 1 N–H and O–H groups in total. The van der Waals surface area contributed by atoms with Crippen LogP contribution >= 0.6 is 0 Å². The third kappa shape index (κ3) is 2.49. The maximum atomic E-state index is 10.9. The first-order valence-corrected chi connectivity index (χ1v) is 5.13. The Morgan fingerprint density at radius 2 is 2.00 bits per heavy atom. The third-order valence-electron chi connectivity index (χ3n) is 2.58. The van der Waals surface area contributed by atoms with Crippen LogP contribution in [0.3, 0.4) is 0 Å². The molecule has 1 unspecified atom stereocenters. The van der Waals surface area contributed by atoms with Crippen molar-refractivity contribution in [1.82, 2.24) is 0 Å². The van der Waals surface area contributed by atoms with Crippen LogP contribution in [-0.2, 0) is 4.79 Å². The molecule has 1 aliphatic rings. The summed E-state index contributed by atoms with van der Waals surface area (Å²) in [6, 6.07) is 7.46. The van der Waals surface area contributed by atoms with Crippen LogP contribution in [0.2, 0.25) is 0 Å². The second-order valence-electron chi connectivity index (χ2n) is 4.03. The van der Waals surface area contributed by atoms with Crippen molar-refractivity contribution < 1.29 is 14.6 Å². The summed E-state index contributed by atoms with van der Waals surface area (Å²) >= 11 is 0. The van der Waals surface area contributed by atoms with Crippen LogP contribution in [0.4, 0.5) is 0 Å². The molecule has 3 nitrogen and oxygen atoms in total. The predicted octanol–water partition coefficient (Wildman–Crippen LogP) is 2.24. The molecule has 15 heavy (non-hydrogen) atoms. The quantitative estimate of drug-likeness (QED) is 0.821. The molecule has 1 atom stereocenters. The van der Waals surface area contributed by atoms with E-state index in [0.29, 0.717) is 5.75 Å². The van der Waals surface area contributed by atoms with Gasteiger partial charge in [-0.3, -0.25) is 0 Å². The van der Waals surface area contributed by atoms with Crippen molar-refractivity contribution in [2.45, 2.75) is 25.9 Å². The molecule has 3 heteroatoms. The molecule has 1 aromatic rings. The Bertz CT molecular complexity index is 352. The number of hydrogen-bond acceptors (Lipinski definition) is 2. The van der Waals surface area contributed by atoms with Gasteiger partial charge in [0.1, 0.15) is 5.75 Å². The largest absolute Gasteiger partial charge is 0.478 e. The number of hydrogen-bond donors (Lipinski definition) is 1. The van der Waals surface area contributed by atoms with Gasteiger partial charge in [-0.15, -0.1) is 0 Å². The van der Waals surface area contributed by atoms with Gasteiger partial charge in [0.25, 0.3) is 0 Å². The van der Waals surface area contributed by atoms with Gasteiger partial charge in [-0.05, 0) is 31.9 Å². The number of rotatable bonds is 4. The molecular formula is C12H14O3. The third-order valence-corrected chi connectivity index (χ3v) is 2.58. The fourth-order valence-electron chi connectivity index (χ4n) is 1.51. The molecule has 0 bridgehead atoms. The zero-order valence-electron chi connectivity index (χ0n) is 8.64.